The van der Waals surface area contributed by atoms with Crippen LogP contribution in [-0.2, 0) is 6.54 Å². The van der Waals surface area contributed by atoms with Gasteiger partial charge in [-0.25, -0.2) is 0 Å². The predicted molar refractivity (Wildman–Crippen MR) is 92.0 cm³/mol. The number of methoxy groups -OCH3 is 1. The van der Waals surface area contributed by atoms with Crippen molar-refractivity contribution in [3.63, 3.8) is 0 Å². The highest BCUT2D eigenvalue weighted by Crippen LogP contribution is 2.16. The summed E-state index contributed by atoms with van der Waals surface area (Å²) in [5.41, 5.74) is 2.26. The Kier molecular flexibility index (Phi) is 6.44. The van der Waals surface area contributed by atoms with E-state index in [9.17, 15) is 5.11 Å². The molecule has 0 saturated carbocycles. The van der Waals surface area contributed by atoms with Crippen LogP contribution in [0.4, 0.5) is 0 Å². The summed E-state index contributed by atoms with van der Waals surface area (Å²) >= 11 is 0. The third kappa shape index (κ3) is 5.58. The molecule has 2 rings (SSSR count). The fourth-order valence-electron chi connectivity index (χ4n) is 2.42. The van der Waals surface area contributed by atoms with Crippen molar-refractivity contribution in [2.24, 2.45) is 0 Å². The molecular weight excluding hydrogens is 290 g/mol. The summed E-state index contributed by atoms with van der Waals surface area (Å²) < 4.78 is 10.8. The van der Waals surface area contributed by atoms with Crippen LogP contribution in [0.3, 0.4) is 0 Å². The van der Waals surface area contributed by atoms with Crippen molar-refractivity contribution in [3.8, 4) is 11.5 Å². The third-order valence-corrected chi connectivity index (χ3v) is 3.66. The van der Waals surface area contributed by atoms with Gasteiger partial charge in [-0.05, 0) is 43.3 Å². The van der Waals surface area contributed by atoms with Crippen LogP contribution in [0.15, 0.2) is 48.5 Å². The van der Waals surface area contributed by atoms with E-state index in [1.165, 1.54) is 5.56 Å². The van der Waals surface area contributed by atoms with Gasteiger partial charge >= 0.3 is 0 Å². The molecule has 2 aromatic rings. The molecule has 0 heterocycles. The maximum atomic E-state index is 10.1. The number of nitrogens with zero attached hydrogens (tertiary/aromatic N) is 1. The topological polar surface area (TPSA) is 41.9 Å². The normalized spacial score (nSPS) is 12.2. The summed E-state index contributed by atoms with van der Waals surface area (Å²) in [7, 11) is 3.65. The SMILES string of the molecule is COc1ccc(CN(C)CC(O)COc2ccccc2C)cc1. The number of aryl methyl sites for hydroxylation is 1. The second-order valence-corrected chi connectivity index (χ2v) is 5.78. The highest BCUT2D eigenvalue weighted by atomic mass is 16.5. The zero-order chi connectivity index (χ0) is 16.7. The van der Waals surface area contributed by atoms with Gasteiger partial charge in [0.15, 0.2) is 0 Å². The molecule has 4 nitrogen and oxygen atoms in total. The lowest BCUT2D eigenvalue weighted by Crippen LogP contribution is -2.32. The largest absolute Gasteiger partial charge is 0.497 e. The zero-order valence-corrected chi connectivity index (χ0v) is 14.0. The van der Waals surface area contributed by atoms with Crippen molar-refractivity contribution >= 4 is 0 Å². The average molecular weight is 315 g/mol. The summed E-state index contributed by atoms with van der Waals surface area (Å²) in [6, 6.07) is 15.8. The Morgan fingerprint density at radius 3 is 2.43 bits per heavy atom. The number of likely N-dealkylation sites (N-methyl/N-ethyl adjacent to an activating group) is 1. The van der Waals surface area contributed by atoms with Crippen molar-refractivity contribution in [1.82, 2.24) is 4.90 Å². The minimum Gasteiger partial charge on any atom is -0.497 e. The van der Waals surface area contributed by atoms with Crippen molar-refractivity contribution < 1.29 is 14.6 Å². The van der Waals surface area contributed by atoms with Gasteiger partial charge in [0.2, 0.25) is 0 Å². The minimum atomic E-state index is -0.530. The van der Waals surface area contributed by atoms with Gasteiger partial charge in [0.1, 0.15) is 24.2 Å². The van der Waals surface area contributed by atoms with Crippen LogP contribution in [0.5, 0.6) is 11.5 Å². The quantitative estimate of drug-likeness (QED) is 0.813. The van der Waals surface area contributed by atoms with E-state index in [1.807, 2.05) is 62.5 Å². The van der Waals surface area contributed by atoms with Gasteiger partial charge in [0.25, 0.3) is 0 Å². The van der Waals surface area contributed by atoms with Crippen molar-refractivity contribution in [3.05, 3.63) is 59.7 Å². The first-order valence-electron chi connectivity index (χ1n) is 7.76. The van der Waals surface area contributed by atoms with E-state index >= 15 is 0 Å². The van der Waals surface area contributed by atoms with Crippen LogP contribution >= 0.6 is 0 Å². The van der Waals surface area contributed by atoms with Gasteiger partial charge in [0.05, 0.1) is 7.11 Å². The Balaban J connectivity index is 1.77. The molecule has 0 aliphatic rings. The van der Waals surface area contributed by atoms with Crippen molar-refractivity contribution in [1.29, 1.82) is 0 Å². The first-order chi connectivity index (χ1) is 11.1. The standard InChI is InChI=1S/C19H25NO3/c1-15-6-4-5-7-19(15)23-14-17(21)13-20(2)12-16-8-10-18(22-3)11-9-16/h4-11,17,21H,12-14H2,1-3H3. The van der Waals surface area contributed by atoms with Crippen LogP contribution in [0, 0.1) is 6.92 Å². The molecule has 0 aliphatic heterocycles. The number of para-hydroxylation sites is 1. The van der Waals surface area contributed by atoms with Gasteiger partial charge in [0, 0.05) is 13.1 Å². The van der Waals surface area contributed by atoms with Crippen molar-refractivity contribution in [2.45, 2.75) is 19.6 Å². The van der Waals surface area contributed by atoms with E-state index in [0.29, 0.717) is 6.54 Å². The first kappa shape index (κ1) is 17.3. The molecule has 0 aliphatic carbocycles. The van der Waals surface area contributed by atoms with E-state index in [0.717, 1.165) is 23.6 Å². The number of benzene rings is 2. The minimum absolute atomic E-state index is 0.289. The highest BCUT2D eigenvalue weighted by molar-refractivity contribution is 5.31. The van der Waals surface area contributed by atoms with E-state index in [2.05, 4.69) is 4.90 Å². The second-order valence-electron chi connectivity index (χ2n) is 5.78. The van der Waals surface area contributed by atoms with Crippen molar-refractivity contribution in [2.75, 3.05) is 27.3 Å². The smallest absolute Gasteiger partial charge is 0.122 e. The maximum absolute atomic E-state index is 10.1. The van der Waals surface area contributed by atoms with E-state index in [-0.39, 0.29) is 6.61 Å². The van der Waals surface area contributed by atoms with Gasteiger partial charge in [-0.2, -0.15) is 0 Å². The Morgan fingerprint density at radius 1 is 1.09 bits per heavy atom. The molecule has 0 spiro atoms. The molecule has 4 heteroatoms. The fraction of sp³-hybridized carbons (Fsp3) is 0.368. The van der Waals surface area contributed by atoms with E-state index in [4.69, 9.17) is 9.47 Å². The van der Waals surface area contributed by atoms with Gasteiger partial charge < -0.3 is 14.6 Å². The van der Waals surface area contributed by atoms with Crippen LogP contribution in [-0.4, -0.2) is 43.4 Å². The summed E-state index contributed by atoms with van der Waals surface area (Å²) in [6.07, 6.45) is -0.530. The molecule has 2 aromatic carbocycles. The Hall–Kier alpha value is -2.04. The van der Waals surface area contributed by atoms with E-state index < -0.39 is 6.10 Å². The molecule has 0 aromatic heterocycles. The Morgan fingerprint density at radius 2 is 1.78 bits per heavy atom. The summed E-state index contributed by atoms with van der Waals surface area (Å²) in [4.78, 5) is 2.08. The average Bonchev–Trinajstić information content (AvgIpc) is 2.54. The number of aliphatic hydroxyl groups excluding tert-OH is 1. The molecule has 0 fully saturated rings. The number of hydrogen-bond acceptors (Lipinski definition) is 4. The molecule has 0 saturated heterocycles. The number of aliphatic hydroxyl groups is 1. The highest BCUT2D eigenvalue weighted by Gasteiger charge is 2.10. The molecule has 1 unspecified atom stereocenters. The van der Waals surface area contributed by atoms with Crippen LogP contribution in [0.2, 0.25) is 0 Å². The predicted octanol–water partition coefficient (Wildman–Crippen LogP) is 2.88. The fourth-order valence-corrected chi connectivity index (χ4v) is 2.42. The first-order valence-corrected chi connectivity index (χ1v) is 7.76. The number of hydrogen-bond donors (Lipinski definition) is 1. The third-order valence-electron chi connectivity index (χ3n) is 3.66. The molecular formula is C19H25NO3. The molecule has 1 atom stereocenters. The monoisotopic (exact) mass is 315 g/mol. The Labute approximate surface area is 138 Å². The zero-order valence-electron chi connectivity index (χ0n) is 14.0. The van der Waals surface area contributed by atoms with Gasteiger partial charge in [-0.3, -0.25) is 4.90 Å². The molecule has 124 valence electrons. The summed E-state index contributed by atoms with van der Waals surface area (Å²) in [5, 5.41) is 10.1. The second kappa shape index (κ2) is 8.56. The van der Waals surface area contributed by atoms with Crippen LogP contribution < -0.4 is 9.47 Å². The lowest BCUT2D eigenvalue weighted by Gasteiger charge is -2.21. The molecule has 0 bridgehead atoms. The molecule has 0 amide bonds. The Bertz CT molecular complexity index is 598. The molecule has 23 heavy (non-hydrogen) atoms. The molecule has 1 N–H and O–H groups in total. The maximum Gasteiger partial charge on any atom is 0.122 e. The van der Waals surface area contributed by atoms with Crippen LogP contribution in [0.1, 0.15) is 11.1 Å². The number of rotatable bonds is 8. The number of ether oxygens (including phenoxy) is 2. The van der Waals surface area contributed by atoms with E-state index in [1.54, 1.807) is 7.11 Å². The summed E-state index contributed by atoms with van der Waals surface area (Å²) in [6.45, 7) is 3.61. The lowest BCUT2D eigenvalue weighted by molar-refractivity contribution is 0.0741. The molecule has 0 radical (unpaired) electrons. The lowest BCUT2D eigenvalue weighted by atomic mass is 10.2. The van der Waals surface area contributed by atoms with Gasteiger partial charge in [-0.15, -0.1) is 0 Å². The van der Waals surface area contributed by atoms with Crippen LogP contribution in [0.25, 0.3) is 0 Å². The summed E-state index contributed by atoms with van der Waals surface area (Å²) in [5.74, 6) is 1.67. The van der Waals surface area contributed by atoms with Gasteiger partial charge in [-0.1, -0.05) is 30.3 Å².